The molecular formula is C19H19FN2O3. The van der Waals surface area contributed by atoms with Gasteiger partial charge >= 0.3 is 0 Å². The Labute approximate surface area is 146 Å². The predicted molar refractivity (Wildman–Crippen MR) is 90.4 cm³/mol. The summed E-state index contributed by atoms with van der Waals surface area (Å²) >= 11 is 0. The second-order valence-electron chi connectivity index (χ2n) is 5.21. The van der Waals surface area contributed by atoms with E-state index in [1.165, 1.54) is 6.07 Å². The molecule has 0 aromatic heterocycles. The number of halogens is 1. The van der Waals surface area contributed by atoms with Gasteiger partial charge in [0.1, 0.15) is 18.8 Å². The van der Waals surface area contributed by atoms with Crippen LogP contribution in [0, 0.1) is 17.1 Å². The van der Waals surface area contributed by atoms with E-state index in [9.17, 15) is 9.18 Å². The highest BCUT2D eigenvalue weighted by atomic mass is 19.1. The molecule has 25 heavy (non-hydrogen) atoms. The number of ether oxygens (including phenoxy) is 2. The van der Waals surface area contributed by atoms with Gasteiger partial charge in [-0.05, 0) is 30.7 Å². The summed E-state index contributed by atoms with van der Waals surface area (Å²) in [6.45, 7) is 2.67. The van der Waals surface area contributed by atoms with Gasteiger partial charge in [0.25, 0.3) is 0 Å². The van der Waals surface area contributed by atoms with Crippen molar-refractivity contribution in [2.75, 3.05) is 6.61 Å². The van der Waals surface area contributed by atoms with Crippen molar-refractivity contribution in [3.8, 4) is 17.6 Å². The van der Waals surface area contributed by atoms with E-state index in [0.717, 1.165) is 5.56 Å². The van der Waals surface area contributed by atoms with Crippen LogP contribution >= 0.6 is 0 Å². The molecule has 0 fully saturated rings. The zero-order valence-electron chi connectivity index (χ0n) is 13.9. The van der Waals surface area contributed by atoms with E-state index in [-0.39, 0.29) is 31.3 Å². The van der Waals surface area contributed by atoms with Crippen molar-refractivity contribution in [3.63, 3.8) is 0 Å². The van der Waals surface area contributed by atoms with E-state index in [0.29, 0.717) is 23.7 Å². The second kappa shape index (κ2) is 9.28. The van der Waals surface area contributed by atoms with Crippen LogP contribution in [0.1, 0.15) is 24.5 Å². The second-order valence-corrected chi connectivity index (χ2v) is 5.21. The van der Waals surface area contributed by atoms with E-state index < -0.39 is 0 Å². The van der Waals surface area contributed by atoms with Crippen molar-refractivity contribution in [1.29, 1.82) is 5.26 Å². The van der Waals surface area contributed by atoms with Gasteiger partial charge in [0.15, 0.2) is 11.5 Å². The highest BCUT2D eigenvalue weighted by molar-refractivity contribution is 5.77. The largest absolute Gasteiger partial charge is 0.490 e. The molecule has 0 bridgehead atoms. The topological polar surface area (TPSA) is 71.3 Å². The lowest BCUT2D eigenvalue weighted by molar-refractivity contribution is -0.120. The van der Waals surface area contributed by atoms with Gasteiger partial charge in [0, 0.05) is 12.1 Å². The number of nitriles is 1. The first kappa shape index (κ1) is 18.3. The molecule has 0 saturated carbocycles. The zero-order valence-corrected chi connectivity index (χ0v) is 13.9. The number of hydrogen-bond donors (Lipinski definition) is 1. The molecule has 2 aromatic carbocycles. The molecule has 0 aliphatic heterocycles. The van der Waals surface area contributed by atoms with Crippen LogP contribution in [0.2, 0.25) is 0 Å². The minimum absolute atomic E-state index is 0.0883. The van der Waals surface area contributed by atoms with Crippen LogP contribution in [0.4, 0.5) is 4.39 Å². The van der Waals surface area contributed by atoms with Gasteiger partial charge in [-0.2, -0.15) is 5.26 Å². The third kappa shape index (κ3) is 5.50. The molecule has 0 saturated heterocycles. The third-order valence-electron chi connectivity index (χ3n) is 3.38. The Morgan fingerprint density at radius 3 is 2.72 bits per heavy atom. The number of nitrogens with zero attached hydrogens (tertiary/aromatic N) is 1. The molecule has 0 aliphatic rings. The first-order chi connectivity index (χ1) is 12.1. The van der Waals surface area contributed by atoms with E-state index in [2.05, 4.69) is 5.32 Å². The summed E-state index contributed by atoms with van der Waals surface area (Å²) in [5, 5.41) is 11.1. The monoisotopic (exact) mass is 342 g/mol. The lowest BCUT2D eigenvalue weighted by Gasteiger charge is -2.14. The molecule has 6 heteroatoms. The van der Waals surface area contributed by atoms with Crippen molar-refractivity contribution in [2.45, 2.75) is 26.5 Å². The third-order valence-corrected chi connectivity index (χ3v) is 3.38. The summed E-state index contributed by atoms with van der Waals surface area (Å²) in [5.41, 5.74) is 1.27. The average molecular weight is 342 g/mol. The van der Waals surface area contributed by atoms with Gasteiger partial charge < -0.3 is 14.8 Å². The van der Waals surface area contributed by atoms with Crippen molar-refractivity contribution >= 4 is 5.91 Å². The molecule has 1 N–H and O–H groups in total. The van der Waals surface area contributed by atoms with Crippen LogP contribution in [0.3, 0.4) is 0 Å². The molecular weight excluding hydrogens is 323 g/mol. The van der Waals surface area contributed by atoms with Crippen LogP contribution in [0.25, 0.3) is 0 Å². The molecule has 2 rings (SSSR count). The average Bonchev–Trinajstić information content (AvgIpc) is 2.61. The van der Waals surface area contributed by atoms with E-state index >= 15 is 0 Å². The highest BCUT2D eigenvalue weighted by Gasteiger charge is 2.09. The molecule has 2 aromatic rings. The number of nitrogens with one attached hydrogen (secondary N) is 1. The minimum Gasteiger partial charge on any atom is -0.490 e. The van der Waals surface area contributed by atoms with Gasteiger partial charge in [-0.15, -0.1) is 0 Å². The van der Waals surface area contributed by atoms with Crippen LogP contribution in [0.15, 0.2) is 42.5 Å². The summed E-state index contributed by atoms with van der Waals surface area (Å²) in [6, 6.07) is 13.5. The van der Waals surface area contributed by atoms with Gasteiger partial charge in [-0.1, -0.05) is 24.3 Å². The lowest BCUT2D eigenvalue weighted by atomic mass is 10.2. The summed E-state index contributed by atoms with van der Waals surface area (Å²) < 4.78 is 24.9. The predicted octanol–water partition coefficient (Wildman–Crippen LogP) is 3.33. The van der Waals surface area contributed by atoms with Crippen molar-refractivity contribution in [3.05, 3.63) is 59.4 Å². The molecule has 0 aliphatic carbocycles. The molecule has 0 radical (unpaired) electrons. The molecule has 130 valence electrons. The number of amides is 1. The molecule has 0 heterocycles. The van der Waals surface area contributed by atoms with Crippen LogP contribution in [-0.2, 0) is 17.9 Å². The van der Waals surface area contributed by atoms with Gasteiger partial charge in [-0.3, -0.25) is 4.79 Å². The van der Waals surface area contributed by atoms with Gasteiger partial charge in [0.05, 0.1) is 12.7 Å². The van der Waals surface area contributed by atoms with E-state index in [4.69, 9.17) is 14.7 Å². The first-order valence-corrected chi connectivity index (χ1v) is 7.89. The summed E-state index contributed by atoms with van der Waals surface area (Å²) in [4.78, 5) is 11.4. The highest BCUT2D eigenvalue weighted by Crippen LogP contribution is 2.29. The maximum absolute atomic E-state index is 13.7. The van der Waals surface area contributed by atoms with Crippen LogP contribution in [0.5, 0.6) is 11.5 Å². The van der Waals surface area contributed by atoms with E-state index in [1.54, 1.807) is 42.5 Å². The standard InChI is InChI=1S/C19H19FN2O3/c1-2-24-18-11-14(12-22-19(23)9-10-21)7-8-17(18)25-13-15-5-3-4-6-16(15)20/h3-8,11H,2,9,12-13H2,1H3,(H,22,23). The molecule has 5 nitrogen and oxygen atoms in total. The van der Waals surface area contributed by atoms with Crippen LogP contribution in [-0.4, -0.2) is 12.5 Å². The zero-order chi connectivity index (χ0) is 18.1. The van der Waals surface area contributed by atoms with Crippen molar-refractivity contribution < 1.29 is 18.7 Å². The molecule has 0 unspecified atom stereocenters. The number of hydrogen-bond acceptors (Lipinski definition) is 4. The number of carbonyl (C=O) groups is 1. The fourth-order valence-electron chi connectivity index (χ4n) is 2.16. The Balaban J connectivity index is 2.06. The maximum Gasteiger partial charge on any atom is 0.234 e. The molecule has 1 amide bonds. The smallest absolute Gasteiger partial charge is 0.234 e. The lowest BCUT2D eigenvalue weighted by Crippen LogP contribution is -2.21. The summed E-state index contributed by atoms with van der Waals surface area (Å²) in [6.07, 6.45) is -0.178. The van der Waals surface area contributed by atoms with E-state index in [1.807, 2.05) is 6.92 Å². The molecule has 0 atom stereocenters. The molecule has 0 spiro atoms. The fourth-order valence-corrected chi connectivity index (χ4v) is 2.16. The Morgan fingerprint density at radius 2 is 2.00 bits per heavy atom. The maximum atomic E-state index is 13.7. The normalized spacial score (nSPS) is 9.96. The quantitative estimate of drug-likeness (QED) is 0.799. The summed E-state index contributed by atoms with van der Waals surface area (Å²) in [7, 11) is 0. The SMILES string of the molecule is CCOc1cc(CNC(=O)CC#N)ccc1OCc1ccccc1F. The number of benzene rings is 2. The Morgan fingerprint density at radius 1 is 1.20 bits per heavy atom. The minimum atomic E-state index is -0.333. The Hall–Kier alpha value is -3.07. The van der Waals surface area contributed by atoms with Gasteiger partial charge in [0.2, 0.25) is 5.91 Å². The first-order valence-electron chi connectivity index (χ1n) is 7.89. The fraction of sp³-hybridized carbons (Fsp3) is 0.263. The Kier molecular flexibility index (Phi) is 6.78. The number of carbonyl (C=O) groups excluding carboxylic acids is 1. The van der Waals surface area contributed by atoms with Crippen LogP contribution < -0.4 is 14.8 Å². The van der Waals surface area contributed by atoms with Crippen molar-refractivity contribution in [2.24, 2.45) is 0 Å². The Bertz CT molecular complexity index is 772. The number of rotatable bonds is 8. The van der Waals surface area contributed by atoms with Gasteiger partial charge in [-0.25, -0.2) is 4.39 Å². The summed E-state index contributed by atoms with van der Waals surface area (Å²) in [5.74, 6) is 0.362. The van der Waals surface area contributed by atoms with Crippen molar-refractivity contribution in [1.82, 2.24) is 5.32 Å².